The summed E-state index contributed by atoms with van der Waals surface area (Å²) in [5.41, 5.74) is 1.68. The van der Waals surface area contributed by atoms with E-state index in [1.807, 2.05) is 35.8 Å². The predicted octanol–water partition coefficient (Wildman–Crippen LogP) is 3.49. The van der Waals surface area contributed by atoms with Gasteiger partial charge in [0.05, 0.1) is 27.6 Å². The Morgan fingerprint density at radius 2 is 2.14 bits per heavy atom. The molecule has 5 nitrogen and oxygen atoms in total. The van der Waals surface area contributed by atoms with Crippen molar-refractivity contribution in [1.29, 1.82) is 0 Å². The van der Waals surface area contributed by atoms with Crippen LogP contribution in [0.4, 0.5) is 5.69 Å². The zero-order valence-electron chi connectivity index (χ0n) is 12.0. The van der Waals surface area contributed by atoms with Crippen molar-refractivity contribution in [3.8, 4) is 0 Å². The molecule has 1 aliphatic carbocycles. The molecular weight excluding hydrogens is 268 g/mol. The lowest BCUT2D eigenvalue weighted by Gasteiger charge is -2.14. The van der Waals surface area contributed by atoms with Gasteiger partial charge in [0, 0.05) is 0 Å². The second-order valence-corrected chi connectivity index (χ2v) is 5.71. The molecule has 1 saturated carbocycles. The van der Waals surface area contributed by atoms with Gasteiger partial charge in [-0.15, -0.1) is 0 Å². The number of fused-ring (bicyclic) bond motifs is 1. The minimum absolute atomic E-state index is 0.0110. The SMILES string of the molecule is CC(=O)/C=C/C1(n2cc([N+](=O)[O-])c3cc(C)ccc32)CC1. The van der Waals surface area contributed by atoms with Crippen molar-refractivity contribution in [2.75, 3.05) is 0 Å². The molecule has 21 heavy (non-hydrogen) atoms. The zero-order valence-corrected chi connectivity index (χ0v) is 12.0. The van der Waals surface area contributed by atoms with Gasteiger partial charge in [-0.3, -0.25) is 14.9 Å². The summed E-state index contributed by atoms with van der Waals surface area (Å²) in [6, 6.07) is 5.71. The molecule has 1 fully saturated rings. The number of nitro groups is 1. The number of carbonyl (C=O) groups excluding carboxylic acids is 1. The van der Waals surface area contributed by atoms with Crippen molar-refractivity contribution in [3.05, 3.63) is 52.2 Å². The third-order valence-electron chi connectivity index (χ3n) is 4.01. The molecule has 0 N–H and O–H groups in total. The smallest absolute Gasteiger partial charge is 0.294 e. The van der Waals surface area contributed by atoms with E-state index < -0.39 is 0 Å². The average Bonchev–Trinajstić information content (AvgIpc) is 3.10. The Labute approximate surface area is 122 Å². The van der Waals surface area contributed by atoms with Gasteiger partial charge < -0.3 is 4.57 Å². The summed E-state index contributed by atoms with van der Waals surface area (Å²) in [5.74, 6) is -0.0110. The second-order valence-electron chi connectivity index (χ2n) is 5.71. The summed E-state index contributed by atoms with van der Waals surface area (Å²) in [7, 11) is 0. The van der Waals surface area contributed by atoms with E-state index in [2.05, 4.69) is 0 Å². The molecular formula is C16H16N2O3. The Kier molecular flexibility index (Phi) is 2.93. The largest absolute Gasteiger partial charge is 0.331 e. The fourth-order valence-corrected chi connectivity index (χ4v) is 2.73. The molecule has 0 amide bonds. The van der Waals surface area contributed by atoms with Crippen molar-refractivity contribution in [3.63, 3.8) is 0 Å². The van der Waals surface area contributed by atoms with Gasteiger partial charge in [0.1, 0.15) is 0 Å². The van der Waals surface area contributed by atoms with Crippen LogP contribution < -0.4 is 0 Å². The van der Waals surface area contributed by atoms with Gasteiger partial charge in [-0.2, -0.15) is 0 Å². The van der Waals surface area contributed by atoms with Gasteiger partial charge in [-0.05, 0) is 44.9 Å². The summed E-state index contributed by atoms with van der Waals surface area (Å²) >= 11 is 0. The molecule has 1 aromatic heterocycles. The van der Waals surface area contributed by atoms with Crippen molar-refractivity contribution in [2.24, 2.45) is 0 Å². The van der Waals surface area contributed by atoms with Gasteiger partial charge in [0.15, 0.2) is 5.78 Å². The van der Waals surface area contributed by atoms with Crippen LogP contribution in [0.1, 0.15) is 25.3 Å². The molecule has 0 aliphatic heterocycles. The Balaban J connectivity index is 2.20. The predicted molar refractivity (Wildman–Crippen MR) is 80.4 cm³/mol. The molecule has 0 bridgehead atoms. The quantitative estimate of drug-likeness (QED) is 0.490. The summed E-state index contributed by atoms with van der Waals surface area (Å²) < 4.78 is 1.94. The van der Waals surface area contributed by atoms with E-state index in [1.54, 1.807) is 12.3 Å². The van der Waals surface area contributed by atoms with E-state index in [0.717, 1.165) is 23.9 Å². The van der Waals surface area contributed by atoms with Gasteiger partial charge >= 0.3 is 0 Å². The Bertz CT molecular complexity index is 782. The summed E-state index contributed by atoms with van der Waals surface area (Å²) in [4.78, 5) is 22.1. The molecule has 0 saturated heterocycles. The van der Waals surface area contributed by atoms with Gasteiger partial charge in [-0.25, -0.2) is 0 Å². The zero-order chi connectivity index (χ0) is 15.2. The first-order valence-electron chi connectivity index (χ1n) is 6.89. The number of rotatable bonds is 4. The van der Waals surface area contributed by atoms with E-state index in [0.29, 0.717) is 5.39 Å². The lowest BCUT2D eigenvalue weighted by atomic mass is 10.1. The standard InChI is InChI=1S/C16H16N2O3/c1-11-3-4-14-13(9-11)15(18(20)21)10-17(14)16(7-8-16)6-5-12(2)19/h3-6,9-10H,7-8H2,1-2H3/b6-5+. The molecule has 2 aromatic rings. The molecule has 0 unspecified atom stereocenters. The van der Waals surface area contributed by atoms with E-state index in [4.69, 9.17) is 0 Å². The third kappa shape index (κ3) is 2.24. The van der Waals surface area contributed by atoms with Crippen molar-refractivity contribution < 1.29 is 9.72 Å². The first-order valence-corrected chi connectivity index (χ1v) is 6.89. The van der Waals surface area contributed by atoms with Crippen molar-refractivity contribution in [1.82, 2.24) is 4.57 Å². The third-order valence-corrected chi connectivity index (χ3v) is 4.01. The molecule has 1 aliphatic rings. The molecule has 3 rings (SSSR count). The highest BCUT2D eigenvalue weighted by Crippen LogP contribution is 2.48. The maximum atomic E-state index is 11.3. The first kappa shape index (κ1) is 13.5. The van der Waals surface area contributed by atoms with Crippen LogP contribution in [0.5, 0.6) is 0 Å². The van der Waals surface area contributed by atoms with Crippen LogP contribution in [-0.4, -0.2) is 15.3 Å². The minimum Gasteiger partial charge on any atom is -0.331 e. The van der Waals surface area contributed by atoms with E-state index in [-0.39, 0.29) is 21.9 Å². The molecule has 108 valence electrons. The topological polar surface area (TPSA) is 65.1 Å². The van der Waals surface area contributed by atoms with E-state index >= 15 is 0 Å². The Morgan fingerprint density at radius 1 is 1.43 bits per heavy atom. The number of allylic oxidation sites excluding steroid dienone is 2. The van der Waals surface area contributed by atoms with Crippen molar-refractivity contribution >= 4 is 22.4 Å². The van der Waals surface area contributed by atoms with Gasteiger partial charge in [0.25, 0.3) is 5.69 Å². The van der Waals surface area contributed by atoms with Gasteiger partial charge in [0.2, 0.25) is 0 Å². The minimum atomic E-state index is -0.344. The number of aryl methyl sites for hydroxylation is 1. The van der Waals surface area contributed by atoms with Crippen LogP contribution in [0.15, 0.2) is 36.5 Å². The Hall–Kier alpha value is -2.43. The summed E-state index contributed by atoms with van der Waals surface area (Å²) in [6.07, 6.45) is 6.82. The van der Waals surface area contributed by atoms with Gasteiger partial charge in [-0.1, -0.05) is 17.7 Å². The van der Waals surface area contributed by atoms with Crippen LogP contribution in [0.3, 0.4) is 0 Å². The molecule has 1 heterocycles. The lowest BCUT2D eigenvalue weighted by Crippen LogP contribution is -2.13. The number of carbonyl (C=O) groups is 1. The number of ketones is 1. The highest BCUT2D eigenvalue weighted by Gasteiger charge is 2.44. The van der Waals surface area contributed by atoms with Crippen LogP contribution >= 0.6 is 0 Å². The number of aromatic nitrogens is 1. The van der Waals surface area contributed by atoms with Crippen LogP contribution in [0.2, 0.25) is 0 Å². The highest BCUT2D eigenvalue weighted by molar-refractivity contribution is 5.91. The fraction of sp³-hybridized carbons (Fsp3) is 0.312. The van der Waals surface area contributed by atoms with Crippen LogP contribution in [-0.2, 0) is 10.3 Å². The first-order chi connectivity index (χ1) is 9.93. The molecule has 0 spiro atoms. The number of nitrogens with zero attached hydrogens (tertiary/aromatic N) is 2. The van der Waals surface area contributed by atoms with Crippen molar-refractivity contribution in [2.45, 2.75) is 32.2 Å². The highest BCUT2D eigenvalue weighted by atomic mass is 16.6. The number of hydrogen-bond acceptors (Lipinski definition) is 3. The maximum absolute atomic E-state index is 11.3. The molecule has 0 atom stereocenters. The Morgan fingerprint density at radius 3 is 2.71 bits per heavy atom. The van der Waals surface area contributed by atoms with Crippen LogP contribution in [0, 0.1) is 17.0 Å². The summed E-state index contributed by atoms with van der Waals surface area (Å²) in [6.45, 7) is 3.43. The van der Waals surface area contributed by atoms with E-state index in [9.17, 15) is 14.9 Å². The van der Waals surface area contributed by atoms with E-state index in [1.165, 1.54) is 6.92 Å². The monoisotopic (exact) mass is 284 g/mol. The normalized spacial score (nSPS) is 16.5. The number of hydrogen-bond donors (Lipinski definition) is 0. The molecule has 5 heteroatoms. The average molecular weight is 284 g/mol. The second kappa shape index (κ2) is 4.55. The fourth-order valence-electron chi connectivity index (χ4n) is 2.73. The molecule has 0 radical (unpaired) electrons. The lowest BCUT2D eigenvalue weighted by molar-refractivity contribution is -0.383. The molecule has 1 aromatic carbocycles. The number of benzene rings is 1. The van der Waals surface area contributed by atoms with Crippen LogP contribution in [0.25, 0.3) is 10.9 Å². The maximum Gasteiger partial charge on any atom is 0.294 e. The summed E-state index contributed by atoms with van der Waals surface area (Å²) in [5, 5.41) is 11.9.